The van der Waals surface area contributed by atoms with Crippen molar-refractivity contribution in [2.75, 3.05) is 0 Å². The van der Waals surface area contributed by atoms with Crippen LogP contribution in [0.15, 0.2) is 59.2 Å². The van der Waals surface area contributed by atoms with Gasteiger partial charge in [-0.05, 0) is 31.9 Å². The van der Waals surface area contributed by atoms with E-state index in [1.54, 1.807) is 36.4 Å². The molecule has 0 heterocycles. The highest BCUT2D eigenvalue weighted by Crippen LogP contribution is 2.37. The number of nitrogens with one attached hydrogen (secondary N) is 1. The van der Waals surface area contributed by atoms with E-state index in [0.717, 1.165) is 24.8 Å². The Hall–Kier alpha value is -3.31. The number of ketones is 1. The molecule has 0 spiro atoms. The van der Waals surface area contributed by atoms with Gasteiger partial charge in [-0.3, -0.25) is 14.4 Å². The first-order valence-corrected chi connectivity index (χ1v) is 13.1. The van der Waals surface area contributed by atoms with Crippen LogP contribution in [0.1, 0.15) is 101 Å². The number of carbonyl (C=O) groups excluding carboxylic acids is 4. The van der Waals surface area contributed by atoms with Crippen LogP contribution in [0.4, 0.5) is 0 Å². The molecule has 1 aliphatic rings. The molecule has 0 saturated heterocycles. The zero-order chi connectivity index (χ0) is 26.2. The van der Waals surface area contributed by atoms with Gasteiger partial charge in [-0.25, -0.2) is 10.2 Å². The van der Waals surface area contributed by atoms with Gasteiger partial charge in [0.25, 0.3) is 12.0 Å². The maximum Gasteiger partial charge on any atom is 0.331 e. The standard InChI is InChI=1S/C29H39N3O4/c1-3-4-5-6-7-8-9-10-11-15-20-29(21-18-24(2)19-22-29)26(34)28(36)32(30-23-33)31-27(35)25-16-13-12-14-17-25/h12-14,16-19,21H,3-11,15,20,22H2,1-2H3,(H,31,35). The van der Waals surface area contributed by atoms with Crippen molar-refractivity contribution >= 4 is 23.7 Å². The van der Waals surface area contributed by atoms with Crippen LogP contribution in [0.3, 0.4) is 0 Å². The van der Waals surface area contributed by atoms with Crippen LogP contribution in [0, 0.1) is 5.41 Å². The van der Waals surface area contributed by atoms with Crippen molar-refractivity contribution < 1.29 is 19.2 Å². The second-order valence-electron chi connectivity index (χ2n) is 9.52. The van der Waals surface area contributed by atoms with Crippen LogP contribution in [-0.2, 0) is 14.4 Å². The summed E-state index contributed by atoms with van der Waals surface area (Å²) < 4.78 is 0. The molecule has 0 bridgehead atoms. The van der Waals surface area contributed by atoms with Crippen molar-refractivity contribution in [1.29, 1.82) is 0 Å². The zero-order valence-electron chi connectivity index (χ0n) is 21.6. The summed E-state index contributed by atoms with van der Waals surface area (Å²) in [6.45, 7) is 4.16. The third-order valence-electron chi connectivity index (χ3n) is 6.65. The molecule has 0 aromatic heterocycles. The molecular formula is C29H39N3O4. The molecule has 7 heteroatoms. The van der Waals surface area contributed by atoms with Gasteiger partial charge in [-0.15, -0.1) is 5.12 Å². The summed E-state index contributed by atoms with van der Waals surface area (Å²) in [4.78, 5) is 50.0. The number of carbonyl (C=O) groups is 3. The SMILES string of the molecule is CCCCCCCCCCCCC1(C(=O)C(=O)N(N=C=O)NC(=O)c2ccccc2)C=CC(C)=CC1. The van der Waals surface area contributed by atoms with Crippen LogP contribution in [-0.4, -0.2) is 28.8 Å². The molecule has 194 valence electrons. The van der Waals surface area contributed by atoms with Crippen molar-refractivity contribution in [1.82, 2.24) is 10.5 Å². The second kappa shape index (κ2) is 15.6. The van der Waals surface area contributed by atoms with Gasteiger partial charge in [-0.1, -0.05) is 118 Å². The number of isocyanates is 1. The summed E-state index contributed by atoms with van der Waals surface area (Å²) in [7, 11) is 0. The van der Waals surface area contributed by atoms with Crippen molar-refractivity contribution in [3.05, 3.63) is 59.7 Å². The van der Waals surface area contributed by atoms with E-state index in [4.69, 9.17) is 0 Å². The second-order valence-corrected chi connectivity index (χ2v) is 9.52. The molecule has 36 heavy (non-hydrogen) atoms. The molecule has 2 amide bonds. The molecule has 2 rings (SSSR count). The van der Waals surface area contributed by atoms with Gasteiger partial charge >= 0.3 is 5.91 Å². The average Bonchev–Trinajstić information content (AvgIpc) is 2.90. The van der Waals surface area contributed by atoms with E-state index in [1.165, 1.54) is 51.0 Å². The molecular weight excluding hydrogens is 454 g/mol. The number of rotatable bonds is 15. The Morgan fingerprint density at radius 3 is 2.14 bits per heavy atom. The minimum Gasteiger partial charge on any atom is -0.288 e. The Bertz CT molecular complexity index is 979. The predicted octanol–water partition coefficient (Wildman–Crippen LogP) is 6.18. The lowest BCUT2D eigenvalue weighted by atomic mass is 9.72. The lowest BCUT2D eigenvalue weighted by molar-refractivity contribution is -0.150. The van der Waals surface area contributed by atoms with Crippen molar-refractivity contribution in [3.63, 3.8) is 0 Å². The van der Waals surface area contributed by atoms with Crippen molar-refractivity contribution in [2.24, 2.45) is 10.5 Å². The van der Waals surface area contributed by atoms with Gasteiger partial charge in [0.05, 0.1) is 5.41 Å². The topological polar surface area (TPSA) is 95.9 Å². The lowest BCUT2D eigenvalue weighted by Gasteiger charge is -2.31. The first-order valence-electron chi connectivity index (χ1n) is 13.1. The fourth-order valence-corrected chi connectivity index (χ4v) is 4.39. The quantitative estimate of drug-likeness (QED) is 0.104. The number of benzene rings is 1. The minimum absolute atomic E-state index is 0.264. The Balaban J connectivity index is 1.98. The summed E-state index contributed by atoms with van der Waals surface area (Å²) >= 11 is 0. The maximum atomic E-state index is 13.4. The van der Waals surface area contributed by atoms with Crippen LogP contribution in [0.2, 0.25) is 0 Å². The number of unbranched alkanes of at least 4 members (excludes halogenated alkanes) is 9. The van der Waals surface area contributed by atoms with Gasteiger partial charge < -0.3 is 0 Å². The third-order valence-corrected chi connectivity index (χ3v) is 6.65. The van der Waals surface area contributed by atoms with Crippen LogP contribution >= 0.6 is 0 Å². The van der Waals surface area contributed by atoms with Gasteiger partial charge in [-0.2, -0.15) is 0 Å². The minimum atomic E-state index is -1.06. The van der Waals surface area contributed by atoms with Crippen molar-refractivity contribution in [2.45, 2.75) is 90.9 Å². The smallest absolute Gasteiger partial charge is 0.288 e. The number of nitrogens with zero attached hydrogens (tertiary/aromatic N) is 2. The maximum absolute atomic E-state index is 13.4. The molecule has 7 nitrogen and oxygen atoms in total. The normalized spacial score (nSPS) is 16.6. The number of hydrazone groups is 1. The first-order chi connectivity index (χ1) is 17.4. The van der Waals surface area contributed by atoms with E-state index in [0.29, 0.717) is 18.0 Å². The van der Waals surface area contributed by atoms with Crippen LogP contribution in [0.5, 0.6) is 0 Å². The zero-order valence-corrected chi connectivity index (χ0v) is 21.6. The molecule has 0 aliphatic heterocycles. The Kier molecular flexibility index (Phi) is 12.6. The predicted molar refractivity (Wildman–Crippen MR) is 140 cm³/mol. The number of hydrogen-bond acceptors (Lipinski definition) is 5. The Morgan fingerprint density at radius 2 is 1.58 bits per heavy atom. The monoisotopic (exact) mass is 493 g/mol. The number of allylic oxidation sites excluding steroid dienone is 4. The summed E-state index contributed by atoms with van der Waals surface area (Å²) in [5.74, 6) is -2.42. The molecule has 1 atom stereocenters. The molecule has 1 aliphatic carbocycles. The van der Waals surface area contributed by atoms with Gasteiger partial charge in [0, 0.05) is 5.56 Å². The van der Waals surface area contributed by atoms with Crippen LogP contribution < -0.4 is 5.43 Å². The van der Waals surface area contributed by atoms with E-state index in [1.807, 2.05) is 19.1 Å². The first kappa shape index (κ1) is 28.9. The summed E-state index contributed by atoms with van der Waals surface area (Å²) in [6.07, 6.45) is 19.5. The molecule has 1 aromatic rings. The van der Waals surface area contributed by atoms with Crippen molar-refractivity contribution in [3.8, 4) is 0 Å². The fraction of sp³-hybridized carbons (Fsp3) is 0.517. The van der Waals surface area contributed by atoms with E-state index in [-0.39, 0.29) is 5.56 Å². The highest BCUT2D eigenvalue weighted by Gasteiger charge is 2.42. The Labute approximate surface area is 214 Å². The number of hydrogen-bond donors (Lipinski definition) is 1. The van der Waals surface area contributed by atoms with E-state index >= 15 is 0 Å². The van der Waals surface area contributed by atoms with E-state index in [9.17, 15) is 19.2 Å². The number of hydrazine groups is 1. The number of Topliss-reactive ketones (excluding diaryl/α,β-unsaturated/α-hetero) is 1. The largest absolute Gasteiger partial charge is 0.331 e. The van der Waals surface area contributed by atoms with E-state index in [2.05, 4.69) is 17.5 Å². The molecule has 0 radical (unpaired) electrons. The van der Waals surface area contributed by atoms with Gasteiger partial charge in [0.1, 0.15) is 0 Å². The average molecular weight is 494 g/mol. The summed E-state index contributed by atoms with van der Waals surface area (Å²) in [5.41, 5.74) is 2.51. The van der Waals surface area contributed by atoms with Gasteiger partial charge in [0.15, 0.2) is 0 Å². The molecule has 0 saturated carbocycles. The third kappa shape index (κ3) is 9.04. The molecule has 0 fully saturated rings. The molecule has 1 unspecified atom stereocenters. The van der Waals surface area contributed by atoms with Gasteiger partial charge in [0.2, 0.25) is 5.78 Å². The summed E-state index contributed by atoms with van der Waals surface area (Å²) in [6, 6.07) is 8.18. The number of amides is 2. The lowest BCUT2D eigenvalue weighted by Crippen LogP contribution is -2.49. The molecule has 1 aromatic carbocycles. The Morgan fingerprint density at radius 1 is 0.972 bits per heavy atom. The van der Waals surface area contributed by atoms with E-state index < -0.39 is 23.0 Å². The highest BCUT2D eigenvalue weighted by atomic mass is 16.2. The molecule has 1 N–H and O–H groups in total. The summed E-state index contributed by atoms with van der Waals surface area (Å²) in [5, 5.41) is 3.70. The van der Waals surface area contributed by atoms with Crippen LogP contribution in [0.25, 0.3) is 0 Å². The fourth-order valence-electron chi connectivity index (χ4n) is 4.39. The highest BCUT2D eigenvalue weighted by molar-refractivity contribution is 6.38.